The molecule has 126 valence electrons. The van der Waals surface area contributed by atoms with Crippen molar-refractivity contribution in [2.24, 2.45) is 0 Å². The predicted octanol–water partition coefficient (Wildman–Crippen LogP) is 5.25. The van der Waals surface area contributed by atoms with Crippen molar-refractivity contribution in [3.8, 4) is 0 Å². The maximum Gasteiger partial charge on any atom is 0.437 e. The van der Waals surface area contributed by atoms with Gasteiger partial charge in [-0.25, -0.2) is 18.2 Å². The van der Waals surface area contributed by atoms with Crippen molar-refractivity contribution in [2.75, 3.05) is 0 Å². The molecule has 1 aromatic heterocycles. The van der Waals surface area contributed by atoms with E-state index in [1.54, 1.807) is 0 Å². The van der Waals surface area contributed by atoms with Crippen LogP contribution in [0.1, 0.15) is 16.8 Å². The molecule has 0 bridgehead atoms. The molecule has 22 heavy (non-hydrogen) atoms. The summed E-state index contributed by atoms with van der Waals surface area (Å²) in [6.07, 6.45) is -17.6. The van der Waals surface area contributed by atoms with E-state index in [4.69, 9.17) is 0 Å². The van der Waals surface area contributed by atoms with Crippen LogP contribution < -0.4 is 0 Å². The molecule has 1 rings (SSSR count). The molecule has 0 unspecified atom stereocenters. The van der Waals surface area contributed by atoms with E-state index in [2.05, 4.69) is 20.9 Å². The lowest BCUT2D eigenvalue weighted by Crippen LogP contribution is -2.51. The van der Waals surface area contributed by atoms with Gasteiger partial charge >= 0.3 is 18.0 Å². The zero-order valence-electron chi connectivity index (χ0n) is 10.6. The highest BCUT2D eigenvalue weighted by molar-refractivity contribution is 9.10. The second kappa shape index (κ2) is 5.89. The highest BCUT2D eigenvalue weighted by Gasteiger charge is 2.75. The molecule has 0 saturated carbocycles. The van der Waals surface area contributed by atoms with Crippen LogP contribution in [0.3, 0.4) is 0 Å². The molecule has 1 heterocycles. The minimum atomic E-state index is -6.41. The van der Waals surface area contributed by atoms with Crippen LogP contribution in [0.15, 0.2) is 10.7 Å². The molecular formula is C11H7BrF9N. The lowest BCUT2D eigenvalue weighted by atomic mass is 9.91. The number of aryl methyl sites for hydroxylation is 1. The Labute approximate surface area is 126 Å². The summed E-state index contributed by atoms with van der Waals surface area (Å²) in [5.41, 5.74) is -9.47. The van der Waals surface area contributed by atoms with Crippen molar-refractivity contribution < 1.29 is 39.5 Å². The molecular weight excluding hydrogens is 397 g/mol. The molecule has 11 heteroatoms. The summed E-state index contributed by atoms with van der Waals surface area (Å²) in [4.78, 5) is 2.86. The summed E-state index contributed by atoms with van der Waals surface area (Å²) in [6, 6.07) is 0.925. The Morgan fingerprint density at radius 1 is 1.05 bits per heavy atom. The minimum Gasteiger partial charge on any atom is -0.241 e. The number of rotatable bonds is 3. The molecule has 0 aliphatic rings. The van der Waals surface area contributed by atoms with Gasteiger partial charge in [0.1, 0.15) is 10.3 Å². The van der Waals surface area contributed by atoms with Gasteiger partial charge in [-0.3, -0.25) is 0 Å². The van der Waals surface area contributed by atoms with Gasteiger partial charge in [0.25, 0.3) is 0 Å². The molecule has 0 aliphatic carbocycles. The van der Waals surface area contributed by atoms with Gasteiger partial charge in [0.05, 0.1) is 0 Å². The van der Waals surface area contributed by atoms with Crippen LogP contribution in [0.25, 0.3) is 0 Å². The summed E-state index contributed by atoms with van der Waals surface area (Å²) >= 11 is 2.54. The zero-order valence-corrected chi connectivity index (χ0v) is 12.2. The number of aromatic nitrogens is 1. The fourth-order valence-corrected chi connectivity index (χ4v) is 2.31. The topological polar surface area (TPSA) is 12.9 Å². The number of hydrogen-bond acceptors (Lipinski definition) is 1. The van der Waals surface area contributed by atoms with Crippen molar-refractivity contribution >= 4 is 15.9 Å². The number of alkyl halides is 9. The summed E-state index contributed by atoms with van der Waals surface area (Å²) < 4.78 is 115. The number of hydrogen-bond donors (Lipinski definition) is 0. The van der Waals surface area contributed by atoms with Gasteiger partial charge in [0, 0.05) is 6.42 Å². The highest BCUT2D eigenvalue weighted by atomic mass is 79.9. The van der Waals surface area contributed by atoms with Crippen molar-refractivity contribution in [3.63, 3.8) is 0 Å². The Balaban J connectivity index is 3.76. The third kappa shape index (κ3) is 3.33. The normalized spacial score (nSPS) is 13.8. The third-order valence-corrected chi connectivity index (χ3v) is 3.19. The molecule has 0 aromatic carbocycles. The summed E-state index contributed by atoms with van der Waals surface area (Å²) in [5, 5.41) is 0. The molecule has 0 spiro atoms. The van der Waals surface area contributed by atoms with Crippen molar-refractivity contribution in [1.29, 1.82) is 0 Å². The predicted molar refractivity (Wildman–Crippen MR) is 61.3 cm³/mol. The van der Waals surface area contributed by atoms with Gasteiger partial charge in [0.15, 0.2) is 0 Å². The maximum atomic E-state index is 14.0. The second-order valence-electron chi connectivity index (χ2n) is 4.34. The van der Waals surface area contributed by atoms with Crippen LogP contribution in [0.5, 0.6) is 0 Å². The Kier molecular flexibility index (Phi) is 5.10. The standard InChI is InChI=1S/C11H7BrF9N/c1-4-2-6(12)22-8(5(4)3-7(13)14)9(15,10(16,17)18)11(19,20)21/h2,7H,3H2,1H3. The SMILES string of the molecule is Cc1cc(Br)nc(C(F)(C(F)(F)F)C(F)(F)F)c1CC(F)F. The van der Waals surface area contributed by atoms with E-state index in [1.807, 2.05) is 0 Å². The van der Waals surface area contributed by atoms with Crippen molar-refractivity contribution in [1.82, 2.24) is 4.98 Å². The lowest BCUT2D eigenvalue weighted by Gasteiger charge is -2.31. The van der Waals surface area contributed by atoms with Crippen molar-refractivity contribution in [3.05, 3.63) is 27.5 Å². The fraction of sp³-hybridized carbons (Fsp3) is 0.545. The van der Waals surface area contributed by atoms with Gasteiger partial charge in [-0.05, 0) is 40.0 Å². The third-order valence-electron chi connectivity index (χ3n) is 2.78. The smallest absolute Gasteiger partial charge is 0.241 e. The Morgan fingerprint density at radius 2 is 1.50 bits per heavy atom. The van der Waals surface area contributed by atoms with Crippen LogP contribution in [0.2, 0.25) is 0 Å². The quantitative estimate of drug-likeness (QED) is 0.496. The maximum absolute atomic E-state index is 14.0. The van der Waals surface area contributed by atoms with E-state index in [0.29, 0.717) is 0 Å². The van der Waals surface area contributed by atoms with Gasteiger partial charge in [0.2, 0.25) is 6.43 Å². The number of pyridine rings is 1. The van der Waals surface area contributed by atoms with E-state index in [9.17, 15) is 39.5 Å². The first kappa shape index (κ1) is 19.0. The number of halogens is 10. The summed E-state index contributed by atoms with van der Waals surface area (Å²) in [5.74, 6) is 0. The minimum absolute atomic E-state index is 0.368. The molecule has 0 atom stereocenters. The van der Waals surface area contributed by atoms with E-state index in [0.717, 1.165) is 13.0 Å². The molecule has 0 aliphatic heterocycles. The molecule has 0 N–H and O–H groups in total. The number of nitrogens with zero attached hydrogens (tertiary/aromatic N) is 1. The largest absolute Gasteiger partial charge is 0.437 e. The fourth-order valence-electron chi connectivity index (χ4n) is 1.79. The van der Waals surface area contributed by atoms with Crippen LogP contribution in [-0.2, 0) is 12.1 Å². The van der Waals surface area contributed by atoms with E-state index in [1.165, 1.54) is 0 Å². The van der Waals surface area contributed by atoms with Gasteiger partial charge in [-0.15, -0.1) is 0 Å². The van der Waals surface area contributed by atoms with Gasteiger partial charge < -0.3 is 0 Å². The average molecular weight is 404 g/mol. The zero-order chi connectivity index (χ0) is 17.5. The molecule has 0 saturated heterocycles. The first-order valence-electron chi connectivity index (χ1n) is 5.48. The van der Waals surface area contributed by atoms with E-state index in [-0.39, 0.29) is 5.56 Å². The van der Waals surface area contributed by atoms with Crippen LogP contribution >= 0.6 is 15.9 Å². The Bertz CT molecular complexity index is 536. The highest BCUT2D eigenvalue weighted by Crippen LogP contribution is 2.54. The summed E-state index contributed by atoms with van der Waals surface area (Å²) in [7, 11) is 0. The first-order valence-corrected chi connectivity index (χ1v) is 6.28. The lowest BCUT2D eigenvalue weighted by molar-refractivity contribution is -0.350. The van der Waals surface area contributed by atoms with Crippen LogP contribution in [0, 0.1) is 6.92 Å². The molecule has 1 aromatic rings. The van der Waals surface area contributed by atoms with Gasteiger partial charge in [-0.2, -0.15) is 26.3 Å². The van der Waals surface area contributed by atoms with E-state index < -0.39 is 46.7 Å². The van der Waals surface area contributed by atoms with Crippen LogP contribution in [0.4, 0.5) is 39.5 Å². The van der Waals surface area contributed by atoms with Crippen LogP contribution in [-0.4, -0.2) is 23.8 Å². The average Bonchev–Trinajstić information content (AvgIpc) is 2.27. The Morgan fingerprint density at radius 3 is 1.86 bits per heavy atom. The summed E-state index contributed by atoms with van der Waals surface area (Å²) in [6.45, 7) is 0.987. The van der Waals surface area contributed by atoms with E-state index >= 15 is 0 Å². The molecule has 0 fully saturated rings. The Hall–Kier alpha value is -1.00. The molecule has 1 nitrogen and oxygen atoms in total. The second-order valence-corrected chi connectivity index (χ2v) is 5.15. The van der Waals surface area contributed by atoms with Crippen molar-refractivity contribution in [2.45, 2.75) is 37.8 Å². The molecule has 0 amide bonds. The first-order chi connectivity index (χ1) is 9.71. The monoisotopic (exact) mass is 403 g/mol. The van der Waals surface area contributed by atoms with Gasteiger partial charge in [-0.1, -0.05) is 0 Å². The molecule has 0 radical (unpaired) electrons.